The van der Waals surface area contributed by atoms with Gasteiger partial charge in [0.25, 0.3) is 11.8 Å². The van der Waals surface area contributed by atoms with Crippen molar-refractivity contribution in [2.45, 2.75) is 44.6 Å². The van der Waals surface area contributed by atoms with Gasteiger partial charge in [-0.05, 0) is 56.4 Å². The zero-order valence-electron chi connectivity index (χ0n) is 19.4. The molecule has 2 fully saturated rings. The number of carbonyl (C=O) groups excluding carboxylic acids is 3. The van der Waals surface area contributed by atoms with E-state index in [-0.39, 0.29) is 23.6 Å². The maximum absolute atomic E-state index is 13.7. The van der Waals surface area contributed by atoms with E-state index in [2.05, 4.69) is 10.1 Å². The molecule has 5 rings (SSSR count). The Morgan fingerprint density at radius 1 is 1.03 bits per heavy atom. The molecule has 1 aromatic heterocycles. The summed E-state index contributed by atoms with van der Waals surface area (Å²) >= 11 is 0. The van der Waals surface area contributed by atoms with Crippen molar-refractivity contribution in [3.05, 3.63) is 41.2 Å². The average Bonchev–Trinajstić information content (AvgIpc) is 3.26. The van der Waals surface area contributed by atoms with Crippen LogP contribution in [0.3, 0.4) is 0 Å². The fourth-order valence-corrected chi connectivity index (χ4v) is 5.34. The summed E-state index contributed by atoms with van der Waals surface area (Å²) in [4.78, 5) is 40.1. The molecule has 0 spiro atoms. The van der Waals surface area contributed by atoms with Gasteiger partial charge in [0, 0.05) is 44.2 Å². The number of benzene rings is 1. The average molecular weight is 467 g/mol. The normalized spacial score (nSPS) is 19.9. The van der Waals surface area contributed by atoms with Crippen LogP contribution < -0.4 is 10.5 Å². The highest BCUT2D eigenvalue weighted by Crippen LogP contribution is 2.29. The molecule has 0 aliphatic carbocycles. The molecule has 34 heavy (non-hydrogen) atoms. The summed E-state index contributed by atoms with van der Waals surface area (Å²) in [5, 5.41) is 8.26. The standard InChI is InChI=1S/C24H30N6O4/c1-34-18-7-5-17(6-8-18)30-22-19(21(26-30)23(25)32)11-15-29(24(22)33)27-13-9-16(10-14-27)28-12-3-2-4-20(28)31/h5-8,16H,2-4,9-15H2,1H3,(H2,25,32). The molecular formula is C24H30N6O4. The number of primary amides is 1. The minimum atomic E-state index is -0.642. The molecular weight excluding hydrogens is 436 g/mol. The van der Waals surface area contributed by atoms with Gasteiger partial charge in [-0.1, -0.05) is 0 Å². The number of nitrogens with zero attached hydrogens (tertiary/aromatic N) is 5. The lowest BCUT2D eigenvalue weighted by Crippen LogP contribution is -2.56. The molecule has 2 saturated heterocycles. The van der Waals surface area contributed by atoms with Gasteiger partial charge in [-0.2, -0.15) is 5.10 Å². The van der Waals surface area contributed by atoms with Crippen molar-refractivity contribution in [3.8, 4) is 11.4 Å². The van der Waals surface area contributed by atoms with E-state index in [1.165, 1.54) is 4.68 Å². The van der Waals surface area contributed by atoms with Crippen molar-refractivity contribution in [2.24, 2.45) is 5.73 Å². The van der Waals surface area contributed by atoms with Gasteiger partial charge in [-0.3, -0.25) is 19.4 Å². The molecule has 10 nitrogen and oxygen atoms in total. The largest absolute Gasteiger partial charge is 0.497 e. The number of hydrogen-bond acceptors (Lipinski definition) is 6. The van der Waals surface area contributed by atoms with Crippen LogP contribution in [-0.4, -0.2) is 81.8 Å². The highest BCUT2D eigenvalue weighted by molar-refractivity contribution is 6.01. The molecule has 2 N–H and O–H groups in total. The van der Waals surface area contributed by atoms with Gasteiger partial charge < -0.3 is 15.4 Å². The van der Waals surface area contributed by atoms with Crippen LogP contribution in [-0.2, 0) is 11.2 Å². The van der Waals surface area contributed by atoms with Gasteiger partial charge in [0.15, 0.2) is 5.69 Å². The van der Waals surface area contributed by atoms with Gasteiger partial charge in [-0.25, -0.2) is 9.69 Å². The highest BCUT2D eigenvalue weighted by atomic mass is 16.5. The van der Waals surface area contributed by atoms with E-state index in [1.54, 1.807) is 36.4 Å². The monoisotopic (exact) mass is 466 g/mol. The van der Waals surface area contributed by atoms with Crippen molar-refractivity contribution < 1.29 is 19.1 Å². The summed E-state index contributed by atoms with van der Waals surface area (Å²) in [7, 11) is 1.59. The molecule has 4 heterocycles. The number of carbonyl (C=O) groups is 3. The Bertz CT molecular complexity index is 1100. The first kappa shape index (κ1) is 22.4. The van der Waals surface area contributed by atoms with Crippen LogP contribution in [0.1, 0.15) is 58.6 Å². The molecule has 10 heteroatoms. The van der Waals surface area contributed by atoms with E-state index in [4.69, 9.17) is 10.5 Å². The number of nitrogens with two attached hydrogens (primary N) is 1. The van der Waals surface area contributed by atoms with Gasteiger partial charge in [0.05, 0.1) is 12.8 Å². The number of fused-ring (bicyclic) bond motifs is 1. The van der Waals surface area contributed by atoms with Crippen molar-refractivity contribution in [1.29, 1.82) is 0 Å². The smallest absolute Gasteiger partial charge is 0.287 e. The number of methoxy groups -OCH3 is 1. The Hall–Kier alpha value is -3.40. The summed E-state index contributed by atoms with van der Waals surface area (Å²) in [5.41, 5.74) is 7.36. The molecule has 3 aliphatic rings. The molecule has 0 saturated carbocycles. The van der Waals surface area contributed by atoms with Crippen LogP contribution in [0.2, 0.25) is 0 Å². The Kier molecular flexibility index (Phi) is 5.99. The molecule has 1 aromatic carbocycles. The molecule has 0 atom stereocenters. The lowest BCUT2D eigenvalue weighted by atomic mass is 9.99. The Morgan fingerprint density at radius 3 is 2.41 bits per heavy atom. The minimum absolute atomic E-state index is 0.140. The van der Waals surface area contributed by atoms with Gasteiger partial charge in [0.2, 0.25) is 5.91 Å². The number of rotatable bonds is 5. The minimum Gasteiger partial charge on any atom is -0.497 e. The summed E-state index contributed by atoms with van der Waals surface area (Å²) in [6, 6.07) is 7.40. The SMILES string of the molecule is COc1ccc(-n2nc(C(N)=O)c3c2C(=O)N(N2CCC(N4CCCCC4=O)CC2)CC3)cc1. The van der Waals surface area contributed by atoms with E-state index in [0.29, 0.717) is 55.2 Å². The maximum atomic E-state index is 13.7. The third-order valence-electron chi connectivity index (χ3n) is 7.13. The summed E-state index contributed by atoms with van der Waals surface area (Å²) < 4.78 is 6.74. The molecule has 180 valence electrons. The second-order valence-corrected chi connectivity index (χ2v) is 9.06. The number of hydrogen-bond donors (Lipinski definition) is 1. The van der Waals surface area contributed by atoms with Gasteiger partial charge in [0.1, 0.15) is 11.4 Å². The van der Waals surface area contributed by atoms with Crippen molar-refractivity contribution in [3.63, 3.8) is 0 Å². The summed E-state index contributed by atoms with van der Waals surface area (Å²) in [5.74, 6) is 0.106. The van der Waals surface area contributed by atoms with Gasteiger partial charge >= 0.3 is 0 Å². The van der Waals surface area contributed by atoms with E-state index in [0.717, 1.165) is 32.2 Å². The topological polar surface area (TPSA) is 114 Å². The summed E-state index contributed by atoms with van der Waals surface area (Å²) in [6.07, 6.45) is 4.87. The fraction of sp³-hybridized carbons (Fsp3) is 0.500. The quantitative estimate of drug-likeness (QED) is 0.712. The first-order valence-electron chi connectivity index (χ1n) is 11.9. The van der Waals surface area contributed by atoms with Crippen LogP contribution in [0.15, 0.2) is 24.3 Å². The number of ether oxygens (including phenoxy) is 1. The Labute approximate surface area is 198 Å². The van der Waals surface area contributed by atoms with E-state index in [1.807, 2.05) is 4.90 Å². The molecule has 0 radical (unpaired) electrons. The number of piperidine rings is 2. The molecule has 2 aromatic rings. The lowest BCUT2D eigenvalue weighted by molar-refractivity contribution is -0.138. The first-order valence-corrected chi connectivity index (χ1v) is 11.9. The van der Waals surface area contributed by atoms with Crippen molar-refractivity contribution in [2.75, 3.05) is 33.3 Å². The number of hydrazine groups is 1. The van der Waals surface area contributed by atoms with Crippen LogP contribution in [0.25, 0.3) is 5.69 Å². The second-order valence-electron chi connectivity index (χ2n) is 9.06. The third kappa shape index (κ3) is 3.91. The van der Waals surface area contributed by atoms with Crippen molar-refractivity contribution in [1.82, 2.24) is 24.7 Å². The third-order valence-corrected chi connectivity index (χ3v) is 7.13. The predicted molar refractivity (Wildman–Crippen MR) is 124 cm³/mol. The Morgan fingerprint density at radius 2 is 1.76 bits per heavy atom. The highest BCUT2D eigenvalue weighted by Gasteiger charge is 2.38. The van der Waals surface area contributed by atoms with E-state index >= 15 is 0 Å². The van der Waals surface area contributed by atoms with Crippen LogP contribution in [0, 0.1) is 0 Å². The van der Waals surface area contributed by atoms with Crippen molar-refractivity contribution >= 4 is 17.7 Å². The second kappa shape index (κ2) is 9.09. The maximum Gasteiger partial charge on any atom is 0.287 e. The van der Waals surface area contributed by atoms with Gasteiger partial charge in [-0.15, -0.1) is 0 Å². The number of aromatic nitrogens is 2. The van der Waals surface area contributed by atoms with E-state index < -0.39 is 5.91 Å². The molecule has 3 amide bonds. The fourth-order valence-electron chi connectivity index (χ4n) is 5.34. The first-order chi connectivity index (χ1) is 16.5. The number of amides is 3. The zero-order valence-corrected chi connectivity index (χ0v) is 19.4. The molecule has 3 aliphatic heterocycles. The number of likely N-dealkylation sites (tertiary alicyclic amines) is 1. The predicted octanol–water partition coefficient (Wildman–Crippen LogP) is 1.37. The molecule has 0 unspecified atom stereocenters. The molecule has 0 bridgehead atoms. The van der Waals surface area contributed by atoms with Crippen LogP contribution in [0.5, 0.6) is 5.75 Å². The lowest BCUT2D eigenvalue weighted by Gasteiger charge is -2.44. The Balaban J connectivity index is 1.38. The van der Waals surface area contributed by atoms with Crippen LogP contribution >= 0.6 is 0 Å². The zero-order chi connectivity index (χ0) is 23.8. The van der Waals surface area contributed by atoms with E-state index in [9.17, 15) is 14.4 Å². The summed E-state index contributed by atoms with van der Waals surface area (Å²) in [6.45, 7) is 2.71. The van der Waals surface area contributed by atoms with Crippen LogP contribution in [0.4, 0.5) is 0 Å².